The molecule has 0 saturated carbocycles. The zero-order valence-electron chi connectivity index (χ0n) is 22.6. The fourth-order valence-electron chi connectivity index (χ4n) is 3.71. The van der Waals surface area contributed by atoms with Crippen molar-refractivity contribution in [3.63, 3.8) is 0 Å². The molecule has 1 aromatic carbocycles. The van der Waals surface area contributed by atoms with Crippen LogP contribution in [0.2, 0.25) is 0 Å². The fraction of sp³-hybridized carbons (Fsp3) is 0.577. The third kappa shape index (κ3) is 9.10. The highest BCUT2D eigenvalue weighted by Gasteiger charge is 2.42. The number of carbonyl (C=O) groups excluding carboxylic acids is 4. The second kappa shape index (κ2) is 13.9. The Balaban J connectivity index is 3.11. The number of carboxylic acid groups (broad SMARTS) is 1. The molecule has 1 rings (SSSR count). The number of rotatable bonds is 14. The number of hydrogen-bond donors (Lipinski definition) is 7. The molecule has 8 N–H and O–H groups in total. The van der Waals surface area contributed by atoms with Crippen LogP contribution < -0.4 is 21.7 Å². The fourth-order valence-corrected chi connectivity index (χ4v) is 3.71. The van der Waals surface area contributed by atoms with Crippen LogP contribution in [-0.2, 0) is 30.4 Å². The Morgan fingerprint density at radius 3 is 1.84 bits per heavy atom. The lowest BCUT2D eigenvalue weighted by atomic mass is 9.86. The molecule has 12 nitrogen and oxygen atoms in total. The normalized spacial score (nSPS) is 16.1. The highest BCUT2D eigenvalue weighted by Crippen LogP contribution is 2.17. The number of nitrogens with two attached hydrogens (primary N) is 1. The number of aliphatic hydroxyl groups excluding tert-OH is 1. The Bertz CT molecular complexity index is 1010. The van der Waals surface area contributed by atoms with Gasteiger partial charge in [-0.3, -0.25) is 19.2 Å². The predicted octanol–water partition coefficient (Wildman–Crippen LogP) is -0.157. The van der Waals surface area contributed by atoms with Gasteiger partial charge in [-0.2, -0.15) is 0 Å². The lowest BCUT2D eigenvalue weighted by Crippen LogP contribution is -2.66. The number of phenolic OH excluding ortho intramolecular Hbond substituents is 1. The third-order valence-electron chi connectivity index (χ3n) is 6.07. The van der Waals surface area contributed by atoms with Gasteiger partial charge in [0.2, 0.25) is 17.7 Å². The Labute approximate surface area is 222 Å². The van der Waals surface area contributed by atoms with E-state index in [1.165, 1.54) is 31.2 Å². The van der Waals surface area contributed by atoms with Gasteiger partial charge in [0.1, 0.15) is 23.9 Å². The van der Waals surface area contributed by atoms with E-state index in [1.54, 1.807) is 27.7 Å². The molecule has 0 spiro atoms. The molecule has 0 aliphatic rings. The Hall–Kier alpha value is -3.51. The SMILES string of the molecule is CC(=O)[C@](N)(Cc1ccc(O)cc1)C(=O)N[C@H](C(=O)N[C@H](C(=O)N[C@@H](CC(C)C)C(=O)O)C(C)C)[C@@H](C)O. The third-order valence-corrected chi connectivity index (χ3v) is 6.07. The van der Waals surface area contributed by atoms with Crippen molar-refractivity contribution in [2.24, 2.45) is 17.6 Å². The van der Waals surface area contributed by atoms with Crippen LogP contribution >= 0.6 is 0 Å². The van der Waals surface area contributed by atoms with Crippen LogP contribution in [0.4, 0.5) is 0 Å². The number of aliphatic carboxylic acids is 1. The molecule has 0 aromatic heterocycles. The molecule has 38 heavy (non-hydrogen) atoms. The number of phenols is 1. The average molecular weight is 537 g/mol. The molecule has 0 radical (unpaired) electrons. The summed E-state index contributed by atoms with van der Waals surface area (Å²) in [6, 6.07) is 1.79. The minimum absolute atomic E-state index is 0.0160. The van der Waals surface area contributed by atoms with Crippen molar-refractivity contribution in [1.29, 1.82) is 0 Å². The number of Topliss-reactive ketones (excluding diaryl/α,β-unsaturated/α-hetero) is 1. The maximum absolute atomic E-state index is 13.1. The topological polar surface area (TPSA) is 208 Å². The number of hydrogen-bond acceptors (Lipinski definition) is 8. The van der Waals surface area contributed by atoms with Crippen molar-refractivity contribution in [3.8, 4) is 5.75 Å². The lowest BCUT2D eigenvalue weighted by Gasteiger charge is -2.31. The van der Waals surface area contributed by atoms with Gasteiger partial charge in [-0.05, 0) is 49.8 Å². The summed E-state index contributed by atoms with van der Waals surface area (Å²) in [5.41, 5.74) is 4.55. The van der Waals surface area contributed by atoms with Crippen molar-refractivity contribution >= 4 is 29.5 Å². The summed E-state index contributed by atoms with van der Waals surface area (Å²) in [7, 11) is 0. The molecule has 0 bridgehead atoms. The van der Waals surface area contributed by atoms with E-state index in [-0.39, 0.29) is 24.5 Å². The van der Waals surface area contributed by atoms with Crippen molar-refractivity contribution in [2.75, 3.05) is 0 Å². The molecule has 0 unspecified atom stereocenters. The van der Waals surface area contributed by atoms with E-state index in [1.807, 2.05) is 0 Å². The maximum Gasteiger partial charge on any atom is 0.326 e. The number of benzene rings is 1. The lowest BCUT2D eigenvalue weighted by molar-refractivity contribution is -0.143. The molecule has 212 valence electrons. The van der Waals surface area contributed by atoms with Crippen LogP contribution in [0.5, 0.6) is 5.75 Å². The van der Waals surface area contributed by atoms with Gasteiger partial charge in [0.05, 0.1) is 6.10 Å². The molecule has 1 aromatic rings. The molecule has 3 amide bonds. The van der Waals surface area contributed by atoms with Gasteiger partial charge < -0.3 is 37.0 Å². The van der Waals surface area contributed by atoms with Crippen LogP contribution in [0.3, 0.4) is 0 Å². The second-order valence-corrected chi connectivity index (χ2v) is 10.3. The first-order chi connectivity index (χ1) is 17.5. The molecule has 12 heteroatoms. The van der Waals surface area contributed by atoms with Crippen LogP contribution in [0.25, 0.3) is 0 Å². The van der Waals surface area contributed by atoms with E-state index >= 15 is 0 Å². The van der Waals surface area contributed by atoms with E-state index in [2.05, 4.69) is 16.0 Å². The molecule has 5 atom stereocenters. The van der Waals surface area contributed by atoms with Crippen LogP contribution in [0.1, 0.15) is 53.5 Å². The zero-order chi connectivity index (χ0) is 29.4. The summed E-state index contributed by atoms with van der Waals surface area (Å²) < 4.78 is 0. The van der Waals surface area contributed by atoms with E-state index < -0.39 is 65.2 Å². The van der Waals surface area contributed by atoms with E-state index in [0.29, 0.717) is 5.56 Å². The first-order valence-corrected chi connectivity index (χ1v) is 12.4. The minimum atomic E-state index is -2.09. The molecule has 0 saturated heterocycles. The van der Waals surface area contributed by atoms with Crippen LogP contribution in [-0.4, -0.2) is 74.6 Å². The summed E-state index contributed by atoms with van der Waals surface area (Å²) in [6.45, 7) is 9.24. The van der Waals surface area contributed by atoms with Gasteiger partial charge in [-0.15, -0.1) is 0 Å². The average Bonchev–Trinajstić information content (AvgIpc) is 2.80. The zero-order valence-corrected chi connectivity index (χ0v) is 22.6. The summed E-state index contributed by atoms with van der Waals surface area (Å²) in [4.78, 5) is 63.1. The minimum Gasteiger partial charge on any atom is -0.508 e. The van der Waals surface area contributed by atoms with Crippen LogP contribution in [0.15, 0.2) is 24.3 Å². The number of ketones is 1. The first kappa shape index (κ1) is 32.5. The van der Waals surface area contributed by atoms with Gasteiger partial charge >= 0.3 is 5.97 Å². The van der Waals surface area contributed by atoms with E-state index in [0.717, 1.165) is 6.92 Å². The number of carboxylic acids is 1. The smallest absolute Gasteiger partial charge is 0.326 e. The molecule has 0 fully saturated rings. The molecule has 0 heterocycles. The monoisotopic (exact) mass is 536 g/mol. The molecular formula is C26H40N4O8. The largest absolute Gasteiger partial charge is 0.508 e. The van der Waals surface area contributed by atoms with Gasteiger partial charge in [-0.25, -0.2) is 4.79 Å². The van der Waals surface area contributed by atoms with Gasteiger partial charge in [0.25, 0.3) is 0 Å². The standard InChI is InChI=1S/C26H40N4O8/c1-13(2)11-19(24(36)37)28-22(34)20(14(3)4)29-23(35)21(15(5)31)30-25(38)26(27,16(6)32)12-17-7-9-18(33)10-8-17/h7-10,13-15,19-21,31,33H,11-12,27H2,1-6H3,(H,28,34)(H,29,35)(H,30,38)(H,36,37)/t15-,19+,20+,21+,26-/m1/s1. The van der Waals surface area contributed by atoms with Gasteiger partial charge in [0.15, 0.2) is 11.3 Å². The van der Waals surface area contributed by atoms with Crippen LogP contribution in [0, 0.1) is 11.8 Å². The van der Waals surface area contributed by atoms with Crippen molar-refractivity contribution in [1.82, 2.24) is 16.0 Å². The highest BCUT2D eigenvalue weighted by molar-refractivity contribution is 6.10. The van der Waals surface area contributed by atoms with Crippen molar-refractivity contribution < 1.29 is 39.3 Å². The summed E-state index contributed by atoms with van der Waals surface area (Å²) in [6.07, 6.45) is -1.50. The van der Waals surface area contributed by atoms with Crippen molar-refractivity contribution in [2.45, 2.75) is 84.2 Å². The van der Waals surface area contributed by atoms with Gasteiger partial charge in [0, 0.05) is 6.42 Å². The second-order valence-electron chi connectivity index (χ2n) is 10.3. The molecule has 0 aliphatic carbocycles. The molecule has 0 aliphatic heterocycles. The number of aliphatic hydroxyl groups is 1. The quantitative estimate of drug-likeness (QED) is 0.157. The Kier molecular flexibility index (Phi) is 11.9. The Morgan fingerprint density at radius 1 is 0.895 bits per heavy atom. The molecular weight excluding hydrogens is 496 g/mol. The van der Waals surface area contributed by atoms with E-state index in [9.17, 15) is 39.3 Å². The van der Waals surface area contributed by atoms with Gasteiger partial charge in [-0.1, -0.05) is 39.8 Å². The number of nitrogens with one attached hydrogen (secondary N) is 3. The predicted molar refractivity (Wildman–Crippen MR) is 139 cm³/mol. The number of aromatic hydroxyl groups is 1. The Morgan fingerprint density at radius 2 is 1.42 bits per heavy atom. The maximum atomic E-state index is 13.1. The van der Waals surface area contributed by atoms with E-state index in [4.69, 9.17) is 5.73 Å². The summed E-state index contributed by atoms with van der Waals surface area (Å²) in [5.74, 6) is -5.10. The summed E-state index contributed by atoms with van der Waals surface area (Å²) >= 11 is 0. The van der Waals surface area contributed by atoms with Crippen molar-refractivity contribution in [3.05, 3.63) is 29.8 Å². The summed E-state index contributed by atoms with van der Waals surface area (Å²) in [5, 5.41) is 36.4. The first-order valence-electron chi connectivity index (χ1n) is 12.4. The number of carbonyl (C=O) groups is 5. The highest BCUT2D eigenvalue weighted by atomic mass is 16.4. The number of amides is 3.